The number of hydrogen-bond donors (Lipinski definition) is 0. The smallest absolute Gasteiger partial charge is 0.253 e. The maximum Gasteiger partial charge on any atom is 0.253 e. The molecule has 2 atom stereocenters. The molecule has 1 heterocycles. The van der Waals surface area contributed by atoms with Crippen molar-refractivity contribution in [2.75, 3.05) is 13.1 Å². The van der Waals surface area contributed by atoms with Crippen molar-refractivity contribution in [2.45, 2.75) is 6.42 Å². The van der Waals surface area contributed by atoms with Crippen molar-refractivity contribution in [1.29, 1.82) is 5.26 Å². The Balaban J connectivity index is 1.81. The van der Waals surface area contributed by atoms with Gasteiger partial charge in [0.15, 0.2) is 0 Å². The molecule has 1 aromatic rings. The number of benzene rings is 1. The van der Waals surface area contributed by atoms with Gasteiger partial charge in [0.2, 0.25) is 0 Å². The third-order valence-electron chi connectivity index (χ3n) is 3.50. The minimum Gasteiger partial charge on any atom is -0.338 e. The van der Waals surface area contributed by atoms with E-state index in [1.54, 1.807) is 24.3 Å². The maximum atomic E-state index is 12.1. The number of carbonyl (C=O) groups is 1. The SMILES string of the molecule is N#Cc1cccc(C(=O)N2CC3CC3C2)c1. The second-order valence-electron chi connectivity index (χ2n) is 4.66. The van der Waals surface area contributed by atoms with E-state index in [2.05, 4.69) is 6.07 Å². The Morgan fingerprint density at radius 1 is 1.38 bits per heavy atom. The van der Waals surface area contributed by atoms with Crippen LogP contribution in [0.15, 0.2) is 24.3 Å². The first-order chi connectivity index (χ1) is 7.78. The predicted octanol–water partition coefficient (Wildman–Crippen LogP) is 1.65. The van der Waals surface area contributed by atoms with Crippen LogP contribution in [0.3, 0.4) is 0 Å². The quantitative estimate of drug-likeness (QED) is 0.710. The molecular formula is C13H12N2O. The van der Waals surface area contributed by atoms with Crippen LogP contribution in [0.1, 0.15) is 22.3 Å². The van der Waals surface area contributed by atoms with Gasteiger partial charge in [0.25, 0.3) is 5.91 Å². The van der Waals surface area contributed by atoms with Gasteiger partial charge in [-0.05, 0) is 36.5 Å². The summed E-state index contributed by atoms with van der Waals surface area (Å²) >= 11 is 0. The van der Waals surface area contributed by atoms with Gasteiger partial charge in [-0.3, -0.25) is 4.79 Å². The standard InChI is InChI=1S/C13H12N2O/c14-6-9-2-1-3-10(4-9)13(16)15-7-11-5-12(11)8-15/h1-4,11-12H,5,7-8H2. The van der Waals surface area contributed by atoms with Gasteiger partial charge in [0, 0.05) is 18.7 Å². The van der Waals surface area contributed by atoms with E-state index in [-0.39, 0.29) is 5.91 Å². The molecule has 2 aliphatic rings. The number of hydrogen-bond acceptors (Lipinski definition) is 2. The summed E-state index contributed by atoms with van der Waals surface area (Å²) in [5.74, 6) is 1.58. The summed E-state index contributed by atoms with van der Waals surface area (Å²) in [6.45, 7) is 1.81. The summed E-state index contributed by atoms with van der Waals surface area (Å²) in [6, 6.07) is 9.00. The second-order valence-corrected chi connectivity index (χ2v) is 4.66. The zero-order chi connectivity index (χ0) is 11.1. The third kappa shape index (κ3) is 1.47. The number of carbonyl (C=O) groups excluding carboxylic acids is 1. The summed E-state index contributed by atoms with van der Waals surface area (Å²) in [7, 11) is 0. The normalized spacial score (nSPS) is 26.1. The highest BCUT2D eigenvalue weighted by molar-refractivity contribution is 5.94. The monoisotopic (exact) mass is 212 g/mol. The lowest BCUT2D eigenvalue weighted by atomic mass is 10.1. The van der Waals surface area contributed by atoms with E-state index in [9.17, 15) is 4.79 Å². The lowest BCUT2D eigenvalue weighted by Gasteiger charge is -2.17. The molecule has 0 spiro atoms. The summed E-state index contributed by atoms with van der Waals surface area (Å²) in [6.07, 6.45) is 1.29. The first-order valence-corrected chi connectivity index (χ1v) is 5.57. The Labute approximate surface area is 94.3 Å². The van der Waals surface area contributed by atoms with Crippen molar-refractivity contribution >= 4 is 5.91 Å². The average molecular weight is 212 g/mol. The summed E-state index contributed by atoms with van der Waals surface area (Å²) in [5, 5.41) is 8.78. The summed E-state index contributed by atoms with van der Waals surface area (Å²) in [5.41, 5.74) is 1.19. The van der Waals surface area contributed by atoms with Crippen molar-refractivity contribution < 1.29 is 4.79 Å². The molecule has 1 saturated carbocycles. The van der Waals surface area contributed by atoms with E-state index in [1.807, 2.05) is 4.90 Å². The van der Waals surface area contributed by atoms with Crippen LogP contribution in [0.2, 0.25) is 0 Å². The largest absolute Gasteiger partial charge is 0.338 e. The fourth-order valence-electron chi connectivity index (χ4n) is 2.47. The Morgan fingerprint density at radius 3 is 2.81 bits per heavy atom. The summed E-state index contributed by atoms with van der Waals surface area (Å²) in [4.78, 5) is 14.0. The molecule has 0 N–H and O–H groups in total. The number of nitrogens with zero attached hydrogens (tertiary/aromatic N) is 2. The Bertz CT molecular complexity index is 479. The molecule has 1 aliphatic heterocycles. The maximum absolute atomic E-state index is 12.1. The number of rotatable bonds is 1. The lowest BCUT2D eigenvalue weighted by molar-refractivity contribution is 0.0775. The van der Waals surface area contributed by atoms with E-state index >= 15 is 0 Å². The molecule has 1 amide bonds. The molecule has 80 valence electrons. The van der Waals surface area contributed by atoms with Crippen LogP contribution in [0, 0.1) is 23.2 Å². The Morgan fingerprint density at radius 2 is 2.12 bits per heavy atom. The number of likely N-dealkylation sites (tertiary alicyclic amines) is 1. The highest BCUT2D eigenvalue weighted by atomic mass is 16.2. The van der Waals surface area contributed by atoms with E-state index in [1.165, 1.54) is 6.42 Å². The molecule has 0 aromatic heterocycles. The first kappa shape index (κ1) is 9.41. The zero-order valence-corrected chi connectivity index (χ0v) is 8.89. The van der Waals surface area contributed by atoms with Crippen LogP contribution in [0.25, 0.3) is 0 Å². The topological polar surface area (TPSA) is 44.1 Å². The molecule has 3 rings (SSSR count). The van der Waals surface area contributed by atoms with Gasteiger partial charge in [-0.15, -0.1) is 0 Å². The molecule has 16 heavy (non-hydrogen) atoms. The summed E-state index contributed by atoms with van der Waals surface area (Å²) < 4.78 is 0. The molecule has 1 aromatic carbocycles. The van der Waals surface area contributed by atoms with E-state index in [4.69, 9.17) is 5.26 Å². The zero-order valence-electron chi connectivity index (χ0n) is 8.89. The highest BCUT2D eigenvalue weighted by Gasteiger charge is 2.46. The van der Waals surface area contributed by atoms with Gasteiger partial charge in [0.05, 0.1) is 11.6 Å². The lowest BCUT2D eigenvalue weighted by Crippen LogP contribution is -2.30. The van der Waals surface area contributed by atoms with Gasteiger partial charge in [-0.25, -0.2) is 0 Å². The molecule has 1 saturated heterocycles. The Kier molecular flexibility index (Phi) is 1.97. The third-order valence-corrected chi connectivity index (χ3v) is 3.50. The highest BCUT2D eigenvalue weighted by Crippen LogP contribution is 2.45. The van der Waals surface area contributed by atoms with Gasteiger partial charge in [-0.1, -0.05) is 6.07 Å². The predicted molar refractivity (Wildman–Crippen MR) is 58.7 cm³/mol. The molecule has 3 heteroatoms. The van der Waals surface area contributed by atoms with Crippen molar-refractivity contribution in [2.24, 2.45) is 11.8 Å². The molecule has 2 unspecified atom stereocenters. The van der Waals surface area contributed by atoms with Crippen LogP contribution in [-0.4, -0.2) is 23.9 Å². The van der Waals surface area contributed by atoms with Crippen LogP contribution in [0.4, 0.5) is 0 Å². The minimum atomic E-state index is 0.0734. The second kappa shape index (κ2) is 3.34. The van der Waals surface area contributed by atoms with Crippen LogP contribution in [-0.2, 0) is 0 Å². The van der Waals surface area contributed by atoms with Crippen molar-refractivity contribution in [3.8, 4) is 6.07 Å². The van der Waals surface area contributed by atoms with Crippen LogP contribution in [0.5, 0.6) is 0 Å². The molecule has 2 fully saturated rings. The molecule has 3 nitrogen and oxygen atoms in total. The van der Waals surface area contributed by atoms with E-state index < -0.39 is 0 Å². The van der Waals surface area contributed by atoms with Crippen molar-refractivity contribution in [3.05, 3.63) is 35.4 Å². The van der Waals surface area contributed by atoms with Gasteiger partial charge in [0.1, 0.15) is 0 Å². The number of piperidine rings is 1. The Hall–Kier alpha value is -1.82. The first-order valence-electron chi connectivity index (χ1n) is 5.57. The minimum absolute atomic E-state index is 0.0734. The molecular weight excluding hydrogens is 200 g/mol. The van der Waals surface area contributed by atoms with Crippen molar-refractivity contribution in [1.82, 2.24) is 4.90 Å². The van der Waals surface area contributed by atoms with Gasteiger partial charge < -0.3 is 4.90 Å². The van der Waals surface area contributed by atoms with Gasteiger partial charge >= 0.3 is 0 Å². The number of fused-ring (bicyclic) bond motifs is 1. The molecule has 0 bridgehead atoms. The van der Waals surface area contributed by atoms with E-state index in [0.717, 1.165) is 24.9 Å². The molecule has 0 radical (unpaired) electrons. The fourth-order valence-corrected chi connectivity index (χ4v) is 2.47. The van der Waals surface area contributed by atoms with Crippen LogP contribution >= 0.6 is 0 Å². The average Bonchev–Trinajstić information content (AvgIpc) is 2.95. The van der Waals surface area contributed by atoms with Crippen LogP contribution < -0.4 is 0 Å². The number of nitriles is 1. The van der Waals surface area contributed by atoms with E-state index in [0.29, 0.717) is 11.1 Å². The molecule has 1 aliphatic carbocycles. The van der Waals surface area contributed by atoms with Gasteiger partial charge in [-0.2, -0.15) is 5.26 Å². The number of amides is 1. The van der Waals surface area contributed by atoms with Crippen molar-refractivity contribution in [3.63, 3.8) is 0 Å². The fraction of sp³-hybridized carbons (Fsp3) is 0.385.